The molecule has 0 heterocycles. The third-order valence-electron chi connectivity index (χ3n) is 3.77. The highest BCUT2D eigenvalue weighted by Crippen LogP contribution is 2.31. The van der Waals surface area contributed by atoms with Crippen LogP contribution in [-0.2, 0) is 0 Å². The highest BCUT2D eigenvalue weighted by molar-refractivity contribution is 4.91. The highest BCUT2D eigenvalue weighted by Gasteiger charge is 2.20. The van der Waals surface area contributed by atoms with Crippen molar-refractivity contribution in [1.29, 1.82) is 0 Å². The summed E-state index contributed by atoms with van der Waals surface area (Å²) in [4.78, 5) is 0. The van der Waals surface area contributed by atoms with Crippen molar-refractivity contribution < 1.29 is 0 Å². The lowest BCUT2D eigenvalue weighted by Gasteiger charge is -2.27. The second kappa shape index (κ2) is 10.5. The molecule has 0 saturated carbocycles. The fourth-order valence-corrected chi connectivity index (χ4v) is 2.73. The molecule has 3 atom stereocenters. The molecule has 0 aromatic carbocycles. The summed E-state index contributed by atoms with van der Waals surface area (Å²) >= 11 is 0. The number of hydrogen-bond acceptors (Lipinski definition) is 0. The van der Waals surface area contributed by atoms with Crippen molar-refractivity contribution in [2.45, 2.75) is 65.7 Å². The Balaban J connectivity index is 4.29. The Morgan fingerprint density at radius 1 is 1.24 bits per heavy atom. The average Bonchev–Trinajstić information content (AvgIpc) is 2.35. The van der Waals surface area contributed by atoms with E-state index in [1.54, 1.807) is 0 Å². The molecule has 0 N–H and O–H groups in total. The van der Waals surface area contributed by atoms with Crippen LogP contribution in [0.4, 0.5) is 0 Å². The molecule has 0 spiro atoms. The standard InChI is InChI=1S/C17H30/c1-6-10-11-13-17(12-7-2)16(9-4)14-15(5)8-3/h3,6,15-17H,1,7,9-14H2,2,4-5H3. The number of unbranched alkanes of at least 4 members (excludes halogenated alkanes) is 1. The molecular weight excluding hydrogens is 204 g/mol. The summed E-state index contributed by atoms with van der Waals surface area (Å²) in [5.41, 5.74) is 0. The van der Waals surface area contributed by atoms with Crippen LogP contribution >= 0.6 is 0 Å². The molecule has 0 rings (SSSR count). The molecule has 0 saturated heterocycles. The van der Waals surface area contributed by atoms with Gasteiger partial charge in [-0.05, 0) is 37.5 Å². The minimum absolute atomic E-state index is 0.429. The van der Waals surface area contributed by atoms with Crippen molar-refractivity contribution >= 4 is 0 Å². The highest BCUT2D eigenvalue weighted by atomic mass is 14.2. The monoisotopic (exact) mass is 234 g/mol. The third-order valence-corrected chi connectivity index (χ3v) is 3.77. The van der Waals surface area contributed by atoms with Crippen molar-refractivity contribution in [3.8, 4) is 12.3 Å². The lowest BCUT2D eigenvalue weighted by atomic mass is 9.78. The van der Waals surface area contributed by atoms with E-state index in [9.17, 15) is 0 Å². The lowest BCUT2D eigenvalue weighted by Crippen LogP contribution is -2.17. The molecule has 17 heavy (non-hydrogen) atoms. The van der Waals surface area contributed by atoms with Crippen molar-refractivity contribution in [2.75, 3.05) is 0 Å². The van der Waals surface area contributed by atoms with Crippen LogP contribution in [0.15, 0.2) is 12.7 Å². The summed E-state index contributed by atoms with van der Waals surface area (Å²) in [5, 5.41) is 0. The Hall–Kier alpha value is -0.700. The Labute approximate surface area is 109 Å². The van der Waals surface area contributed by atoms with Crippen molar-refractivity contribution in [2.24, 2.45) is 17.8 Å². The van der Waals surface area contributed by atoms with E-state index in [4.69, 9.17) is 6.42 Å². The van der Waals surface area contributed by atoms with Crippen LogP contribution < -0.4 is 0 Å². The minimum Gasteiger partial charge on any atom is -0.120 e. The molecular formula is C17H30. The van der Waals surface area contributed by atoms with Crippen LogP contribution in [0.3, 0.4) is 0 Å². The van der Waals surface area contributed by atoms with Gasteiger partial charge in [-0.15, -0.1) is 18.9 Å². The first-order chi connectivity index (χ1) is 8.19. The van der Waals surface area contributed by atoms with Gasteiger partial charge in [0.15, 0.2) is 0 Å². The van der Waals surface area contributed by atoms with E-state index in [1.807, 2.05) is 6.08 Å². The Kier molecular flexibility index (Phi) is 10.0. The topological polar surface area (TPSA) is 0 Å². The molecule has 0 nitrogen and oxygen atoms in total. The van der Waals surface area contributed by atoms with Crippen molar-refractivity contribution in [3.63, 3.8) is 0 Å². The number of allylic oxidation sites excluding steroid dienone is 1. The van der Waals surface area contributed by atoms with Gasteiger partial charge in [-0.2, -0.15) is 0 Å². The summed E-state index contributed by atoms with van der Waals surface area (Å²) in [6.07, 6.45) is 16.4. The maximum atomic E-state index is 5.51. The van der Waals surface area contributed by atoms with E-state index >= 15 is 0 Å². The van der Waals surface area contributed by atoms with E-state index in [-0.39, 0.29) is 0 Å². The predicted octanol–water partition coefficient (Wildman–Crippen LogP) is 5.44. The summed E-state index contributed by atoms with van der Waals surface area (Å²) < 4.78 is 0. The zero-order chi connectivity index (χ0) is 13.1. The summed E-state index contributed by atoms with van der Waals surface area (Å²) in [6.45, 7) is 10.6. The normalized spacial score (nSPS) is 15.9. The largest absolute Gasteiger partial charge is 0.120 e. The van der Waals surface area contributed by atoms with Gasteiger partial charge in [0.25, 0.3) is 0 Å². The fraction of sp³-hybridized carbons (Fsp3) is 0.765. The van der Waals surface area contributed by atoms with Crippen molar-refractivity contribution in [3.05, 3.63) is 12.7 Å². The molecule has 0 amide bonds. The van der Waals surface area contributed by atoms with Crippen LogP contribution in [0.25, 0.3) is 0 Å². The van der Waals surface area contributed by atoms with Crippen molar-refractivity contribution in [1.82, 2.24) is 0 Å². The van der Waals surface area contributed by atoms with Gasteiger partial charge in [-0.3, -0.25) is 0 Å². The number of hydrogen-bond donors (Lipinski definition) is 0. The van der Waals surface area contributed by atoms with Gasteiger partial charge in [-0.25, -0.2) is 0 Å². The van der Waals surface area contributed by atoms with Gasteiger partial charge >= 0.3 is 0 Å². The first kappa shape index (κ1) is 16.3. The van der Waals surface area contributed by atoms with E-state index in [1.165, 1.54) is 38.5 Å². The zero-order valence-electron chi connectivity index (χ0n) is 12.0. The molecule has 0 radical (unpaired) electrons. The summed E-state index contributed by atoms with van der Waals surface area (Å²) in [6, 6.07) is 0. The SMILES string of the molecule is C#CC(C)CC(CC)C(CCC)CCCC=C. The molecule has 3 unspecified atom stereocenters. The van der Waals surface area contributed by atoms with Gasteiger partial charge in [-0.1, -0.05) is 46.1 Å². The summed E-state index contributed by atoms with van der Waals surface area (Å²) in [5.74, 6) is 4.98. The van der Waals surface area contributed by atoms with E-state index in [0.29, 0.717) is 5.92 Å². The lowest BCUT2D eigenvalue weighted by molar-refractivity contribution is 0.249. The molecule has 0 fully saturated rings. The second-order valence-corrected chi connectivity index (χ2v) is 5.24. The van der Waals surface area contributed by atoms with Gasteiger partial charge in [0, 0.05) is 5.92 Å². The van der Waals surface area contributed by atoms with Crippen LogP contribution in [0.1, 0.15) is 65.7 Å². The first-order valence-electron chi connectivity index (χ1n) is 7.26. The quantitative estimate of drug-likeness (QED) is 0.268. The molecule has 0 aromatic heterocycles. The van der Waals surface area contributed by atoms with E-state index in [0.717, 1.165) is 18.3 Å². The number of terminal acetylenes is 1. The van der Waals surface area contributed by atoms with Gasteiger partial charge in [0.2, 0.25) is 0 Å². The summed E-state index contributed by atoms with van der Waals surface area (Å²) in [7, 11) is 0. The molecule has 0 aliphatic rings. The average molecular weight is 234 g/mol. The van der Waals surface area contributed by atoms with Crippen LogP contribution in [0, 0.1) is 30.1 Å². The maximum Gasteiger partial charge on any atom is 0.0174 e. The molecule has 0 aliphatic carbocycles. The third kappa shape index (κ3) is 7.27. The first-order valence-corrected chi connectivity index (χ1v) is 7.26. The Morgan fingerprint density at radius 2 is 1.94 bits per heavy atom. The van der Waals surface area contributed by atoms with Gasteiger partial charge < -0.3 is 0 Å². The van der Waals surface area contributed by atoms with Crippen LogP contribution in [0.2, 0.25) is 0 Å². The molecule has 98 valence electrons. The Bertz CT molecular complexity index is 221. The fourth-order valence-electron chi connectivity index (χ4n) is 2.73. The van der Waals surface area contributed by atoms with Crippen LogP contribution in [-0.4, -0.2) is 0 Å². The van der Waals surface area contributed by atoms with Gasteiger partial charge in [0.05, 0.1) is 0 Å². The molecule has 0 bridgehead atoms. The van der Waals surface area contributed by atoms with Gasteiger partial charge in [0.1, 0.15) is 0 Å². The maximum absolute atomic E-state index is 5.51. The van der Waals surface area contributed by atoms with Crippen LogP contribution in [0.5, 0.6) is 0 Å². The zero-order valence-corrected chi connectivity index (χ0v) is 12.0. The molecule has 0 aliphatic heterocycles. The smallest absolute Gasteiger partial charge is 0.0174 e. The minimum atomic E-state index is 0.429. The predicted molar refractivity (Wildman–Crippen MR) is 78.8 cm³/mol. The number of rotatable bonds is 10. The second-order valence-electron chi connectivity index (χ2n) is 5.24. The molecule has 0 heteroatoms. The van der Waals surface area contributed by atoms with E-state index in [2.05, 4.69) is 33.3 Å². The van der Waals surface area contributed by atoms with E-state index < -0.39 is 0 Å². The Morgan fingerprint density at radius 3 is 2.41 bits per heavy atom. The molecule has 0 aromatic rings.